The molecule has 3 rings (SSSR count). The summed E-state index contributed by atoms with van der Waals surface area (Å²) in [4.78, 5) is 26.2. The number of carboxylic acids is 1. The lowest BCUT2D eigenvalue weighted by atomic mass is 9.99. The number of hydrogen-bond donors (Lipinski definition) is 3. The second-order valence-corrected chi connectivity index (χ2v) is 6.26. The van der Waals surface area contributed by atoms with Gasteiger partial charge in [0.2, 0.25) is 0 Å². The molecule has 0 bridgehead atoms. The summed E-state index contributed by atoms with van der Waals surface area (Å²) in [6.07, 6.45) is 4.12. The number of hydrogen-bond acceptors (Lipinski definition) is 2. The van der Waals surface area contributed by atoms with Crippen LogP contribution in [-0.2, 0) is 16.0 Å². The van der Waals surface area contributed by atoms with Crippen LogP contribution in [0.3, 0.4) is 0 Å². The molecule has 0 saturated heterocycles. The van der Waals surface area contributed by atoms with Gasteiger partial charge in [0.05, 0.1) is 5.57 Å². The lowest BCUT2D eigenvalue weighted by Gasteiger charge is -2.05. The zero-order chi connectivity index (χ0) is 17.4. The van der Waals surface area contributed by atoms with Crippen LogP contribution in [0.1, 0.15) is 34.4 Å². The molecular formula is C18H17ClN2O3. The number of aromatic amines is 1. The topological polar surface area (TPSA) is 82.2 Å². The highest BCUT2D eigenvalue weighted by atomic mass is 35.5. The second-order valence-electron chi connectivity index (χ2n) is 5.85. The Morgan fingerprint density at radius 3 is 2.75 bits per heavy atom. The maximum Gasteiger partial charge on any atom is 0.303 e. The van der Waals surface area contributed by atoms with Gasteiger partial charge in [-0.15, -0.1) is 0 Å². The van der Waals surface area contributed by atoms with E-state index in [0.717, 1.165) is 33.6 Å². The summed E-state index contributed by atoms with van der Waals surface area (Å²) >= 11 is 6.18. The van der Waals surface area contributed by atoms with Gasteiger partial charge in [0, 0.05) is 34.6 Å². The van der Waals surface area contributed by atoms with Crippen molar-refractivity contribution in [2.45, 2.75) is 26.7 Å². The van der Waals surface area contributed by atoms with Crippen LogP contribution in [0.15, 0.2) is 18.3 Å². The van der Waals surface area contributed by atoms with Crippen LogP contribution in [0, 0.1) is 13.8 Å². The molecule has 2 heterocycles. The number of aromatic nitrogens is 1. The molecule has 0 aliphatic carbocycles. The molecule has 6 heteroatoms. The number of rotatable bonds is 4. The van der Waals surface area contributed by atoms with Crippen molar-refractivity contribution in [3.05, 3.63) is 51.3 Å². The van der Waals surface area contributed by atoms with Crippen LogP contribution < -0.4 is 5.32 Å². The molecule has 0 radical (unpaired) electrons. The van der Waals surface area contributed by atoms with Crippen molar-refractivity contribution in [3.8, 4) is 0 Å². The van der Waals surface area contributed by atoms with Crippen molar-refractivity contribution < 1.29 is 14.7 Å². The van der Waals surface area contributed by atoms with Crippen LogP contribution >= 0.6 is 11.6 Å². The smallest absolute Gasteiger partial charge is 0.303 e. The van der Waals surface area contributed by atoms with E-state index in [4.69, 9.17) is 16.7 Å². The number of carboxylic acid groups (broad SMARTS) is 1. The van der Waals surface area contributed by atoms with Gasteiger partial charge < -0.3 is 15.4 Å². The first-order valence-electron chi connectivity index (χ1n) is 7.59. The maximum absolute atomic E-state index is 12.3. The number of benzene rings is 1. The lowest BCUT2D eigenvalue weighted by Crippen LogP contribution is -2.03. The van der Waals surface area contributed by atoms with Gasteiger partial charge in [-0.3, -0.25) is 9.59 Å². The minimum absolute atomic E-state index is 0.0761. The molecule has 3 N–H and O–H groups in total. The monoisotopic (exact) mass is 344 g/mol. The Labute approximate surface area is 144 Å². The van der Waals surface area contributed by atoms with Gasteiger partial charge in [-0.2, -0.15) is 0 Å². The Kier molecular flexibility index (Phi) is 4.20. The fraction of sp³-hybridized carbons (Fsp3) is 0.222. The number of nitrogens with one attached hydrogen (secondary N) is 2. The van der Waals surface area contributed by atoms with Gasteiger partial charge in [-0.25, -0.2) is 0 Å². The highest BCUT2D eigenvalue weighted by Gasteiger charge is 2.27. The first-order valence-corrected chi connectivity index (χ1v) is 7.97. The van der Waals surface area contributed by atoms with Crippen LogP contribution in [0.4, 0.5) is 5.69 Å². The number of aliphatic carboxylic acids is 1. The fourth-order valence-corrected chi connectivity index (χ4v) is 3.09. The molecule has 124 valence electrons. The lowest BCUT2D eigenvalue weighted by molar-refractivity contribution is -0.137. The average Bonchev–Trinajstić information content (AvgIpc) is 3.03. The van der Waals surface area contributed by atoms with Crippen LogP contribution in [0.5, 0.6) is 0 Å². The third-order valence-corrected chi connectivity index (χ3v) is 4.75. The van der Waals surface area contributed by atoms with E-state index in [9.17, 15) is 9.59 Å². The molecule has 24 heavy (non-hydrogen) atoms. The molecule has 0 fully saturated rings. The number of fused-ring (bicyclic) bond motifs is 1. The summed E-state index contributed by atoms with van der Waals surface area (Å²) in [5.74, 6) is -0.999. The minimum Gasteiger partial charge on any atom is -0.481 e. The van der Waals surface area contributed by atoms with E-state index < -0.39 is 5.97 Å². The fourth-order valence-electron chi connectivity index (χ4n) is 2.93. The van der Waals surface area contributed by atoms with E-state index in [1.54, 1.807) is 24.4 Å². The Bertz CT molecular complexity index is 881. The Balaban J connectivity index is 2.00. The molecule has 1 aliphatic heterocycles. The molecule has 1 amide bonds. The molecule has 0 saturated carbocycles. The van der Waals surface area contributed by atoms with Gasteiger partial charge in [0.1, 0.15) is 0 Å². The van der Waals surface area contributed by atoms with Crippen LogP contribution in [0.2, 0.25) is 5.02 Å². The SMILES string of the molecule is Cc1c(CCC(=O)O)c[nH]c1C=C1C(=O)Nc2ccc(Cl)c(C)c21. The van der Waals surface area contributed by atoms with Gasteiger partial charge in [-0.05, 0) is 55.2 Å². The Morgan fingerprint density at radius 2 is 2.04 bits per heavy atom. The standard InChI is InChI=1S/C18H17ClN2O3/c1-9-11(3-6-16(22)23)8-20-15(9)7-12-17-10(2)13(19)4-5-14(17)21-18(12)24/h4-5,7-8,20H,3,6H2,1-2H3,(H,21,24)(H,22,23). The van der Waals surface area contributed by atoms with Crippen LogP contribution in [0.25, 0.3) is 11.6 Å². The van der Waals surface area contributed by atoms with E-state index >= 15 is 0 Å². The number of carbonyl (C=O) groups is 2. The number of amides is 1. The van der Waals surface area contributed by atoms with E-state index in [-0.39, 0.29) is 12.3 Å². The summed E-state index contributed by atoms with van der Waals surface area (Å²) < 4.78 is 0. The van der Waals surface area contributed by atoms with E-state index in [1.807, 2.05) is 13.8 Å². The number of anilines is 1. The minimum atomic E-state index is -0.829. The number of halogens is 1. The Morgan fingerprint density at radius 1 is 1.29 bits per heavy atom. The van der Waals surface area contributed by atoms with Crippen molar-refractivity contribution in [2.24, 2.45) is 0 Å². The summed E-state index contributed by atoms with van der Waals surface area (Å²) in [6.45, 7) is 3.80. The number of H-pyrrole nitrogens is 1. The summed E-state index contributed by atoms with van der Waals surface area (Å²) in [5, 5.41) is 12.3. The molecule has 2 aromatic rings. The van der Waals surface area contributed by atoms with Crippen molar-refractivity contribution in [2.75, 3.05) is 5.32 Å². The highest BCUT2D eigenvalue weighted by Crippen LogP contribution is 2.38. The molecule has 0 spiro atoms. The van der Waals surface area contributed by atoms with Crippen molar-refractivity contribution in [1.82, 2.24) is 4.98 Å². The van der Waals surface area contributed by atoms with Gasteiger partial charge in [0.15, 0.2) is 0 Å². The summed E-state index contributed by atoms with van der Waals surface area (Å²) in [7, 11) is 0. The summed E-state index contributed by atoms with van der Waals surface area (Å²) in [5.41, 5.74) is 5.66. The summed E-state index contributed by atoms with van der Waals surface area (Å²) in [6, 6.07) is 3.56. The van der Waals surface area contributed by atoms with Gasteiger partial charge in [0.25, 0.3) is 5.91 Å². The van der Waals surface area contributed by atoms with Crippen LogP contribution in [-0.4, -0.2) is 22.0 Å². The average molecular weight is 345 g/mol. The first kappa shape index (κ1) is 16.3. The number of aryl methyl sites for hydroxylation is 1. The zero-order valence-electron chi connectivity index (χ0n) is 13.4. The van der Waals surface area contributed by atoms with E-state index in [0.29, 0.717) is 17.0 Å². The highest BCUT2D eigenvalue weighted by molar-refractivity contribution is 6.37. The van der Waals surface area contributed by atoms with Crippen molar-refractivity contribution in [1.29, 1.82) is 0 Å². The van der Waals surface area contributed by atoms with Crippen molar-refractivity contribution >= 4 is 40.8 Å². The maximum atomic E-state index is 12.3. The second kappa shape index (κ2) is 6.17. The normalized spacial score (nSPS) is 14.8. The molecule has 1 aromatic carbocycles. The van der Waals surface area contributed by atoms with E-state index in [1.165, 1.54) is 0 Å². The molecular weight excluding hydrogens is 328 g/mol. The third-order valence-electron chi connectivity index (χ3n) is 4.35. The predicted octanol–water partition coefficient (Wildman–Crippen LogP) is 3.79. The van der Waals surface area contributed by atoms with Crippen molar-refractivity contribution in [3.63, 3.8) is 0 Å². The molecule has 0 atom stereocenters. The zero-order valence-corrected chi connectivity index (χ0v) is 14.1. The number of carbonyl (C=O) groups excluding carboxylic acids is 1. The van der Waals surface area contributed by atoms with Gasteiger partial charge in [-0.1, -0.05) is 11.6 Å². The molecule has 5 nitrogen and oxygen atoms in total. The largest absolute Gasteiger partial charge is 0.481 e. The molecule has 1 aliphatic rings. The third kappa shape index (κ3) is 2.83. The Hall–Kier alpha value is -2.53. The molecule has 1 aromatic heterocycles. The van der Waals surface area contributed by atoms with Gasteiger partial charge >= 0.3 is 5.97 Å². The van der Waals surface area contributed by atoms with E-state index in [2.05, 4.69) is 10.3 Å². The quantitative estimate of drug-likeness (QED) is 0.738. The molecule has 0 unspecified atom stereocenters. The predicted molar refractivity (Wildman–Crippen MR) is 94.2 cm³/mol. The first-order chi connectivity index (χ1) is 11.4.